The Labute approximate surface area is 112 Å². The van der Waals surface area contributed by atoms with Crippen molar-refractivity contribution in [1.82, 2.24) is 5.32 Å². The first-order chi connectivity index (χ1) is 9.13. The largest absolute Gasteiger partial charge is 0.396 e. The lowest BCUT2D eigenvalue weighted by molar-refractivity contribution is -0.122. The van der Waals surface area contributed by atoms with Crippen molar-refractivity contribution in [1.29, 1.82) is 0 Å². The number of aliphatic hydroxyl groups is 1. The summed E-state index contributed by atoms with van der Waals surface area (Å²) >= 11 is 0. The molecule has 1 saturated heterocycles. The predicted octanol–water partition coefficient (Wildman–Crippen LogP) is 1.29. The van der Waals surface area contributed by atoms with Crippen LogP contribution in [0.1, 0.15) is 19.8 Å². The minimum atomic E-state index is -0.454. The molecule has 2 N–H and O–H groups in total. The molecule has 2 rings (SSSR count). The molecule has 0 aromatic heterocycles. The summed E-state index contributed by atoms with van der Waals surface area (Å²) in [5.74, 6) is -0.431. The number of nitrogens with one attached hydrogen (secondary N) is 1. The number of anilines is 1. The van der Waals surface area contributed by atoms with E-state index in [-0.39, 0.29) is 24.4 Å². The van der Waals surface area contributed by atoms with Crippen LogP contribution in [0.3, 0.4) is 0 Å². The third-order valence-corrected chi connectivity index (χ3v) is 3.48. The molecule has 4 nitrogen and oxygen atoms in total. The van der Waals surface area contributed by atoms with E-state index in [2.05, 4.69) is 5.32 Å². The summed E-state index contributed by atoms with van der Waals surface area (Å²) in [4.78, 5) is 14.0. The van der Waals surface area contributed by atoms with Gasteiger partial charge in [0.1, 0.15) is 11.9 Å². The van der Waals surface area contributed by atoms with Gasteiger partial charge in [0, 0.05) is 24.9 Å². The molecule has 0 aliphatic carbocycles. The summed E-state index contributed by atoms with van der Waals surface area (Å²) in [6.07, 6.45) is 1.14. The number of rotatable bonds is 3. The van der Waals surface area contributed by atoms with Crippen LogP contribution in [0, 0.1) is 5.82 Å². The normalized spacial score (nSPS) is 23.9. The predicted molar refractivity (Wildman–Crippen MR) is 71.5 cm³/mol. The van der Waals surface area contributed by atoms with Crippen molar-refractivity contribution in [2.75, 3.05) is 18.1 Å². The van der Waals surface area contributed by atoms with Gasteiger partial charge in [0.15, 0.2) is 0 Å². The maximum absolute atomic E-state index is 13.4. The van der Waals surface area contributed by atoms with Gasteiger partial charge in [-0.3, -0.25) is 4.79 Å². The lowest BCUT2D eigenvalue weighted by atomic mass is 10.1. The Balaban J connectivity index is 2.37. The number of amides is 1. The molecule has 0 spiro atoms. The third kappa shape index (κ3) is 3.04. The van der Waals surface area contributed by atoms with Crippen LogP contribution in [0.5, 0.6) is 0 Å². The van der Waals surface area contributed by atoms with E-state index in [1.807, 2.05) is 11.8 Å². The van der Waals surface area contributed by atoms with Gasteiger partial charge in [-0.25, -0.2) is 4.39 Å². The average Bonchev–Trinajstić information content (AvgIpc) is 2.50. The number of aliphatic hydroxyl groups excluding tert-OH is 1. The van der Waals surface area contributed by atoms with E-state index < -0.39 is 6.04 Å². The van der Waals surface area contributed by atoms with Crippen molar-refractivity contribution in [3.8, 4) is 0 Å². The first kappa shape index (κ1) is 13.8. The van der Waals surface area contributed by atoms with E-state index in [1.165, 1.54) is 12.1 Å². The van der Waals surface area contributed by atoms with Gasteiger partial charge in [-0.05, 0) is 38.0 Å². The standard InChI is InChI=1S/C14H19FN2O2/c1-10-5-7-16-14(19)13(6-8-18)17(10)12-4-2-3-11(15)9-12/h2-4,9-10,13,18H,5-8H2,1H3,(H,16,19). The van der Waals surface area contributed by atoms with E-state index in [4.69, 9.17) is 5.11 Å². The fraction of sp³-hybridized carbons (Fsp3) is 0.500. The molecule has 1 aromatic rings. The van der Waals surface area contributed by atoms with Gasteiger partial charge in [0.2, 0.25) is 5.91 Å². The minimum absolute atomic E-state index is 0.0728. The number of carbonyl (C=O) groups excluding carboxylic acids is 1. The summed E-state index contributed by atoms with van der Waals surface area (Å²) in [5.41, 5.74) is 0.683. The highest BCUT2D eigenvalue weighted by Crippen LogP contribution is 2.25. The van der Waals surface area contributed by atoms with Crippen LogP contribution in [0.15, 0.2) is 24.3 Å². The third-order valence-electron chi connectivity index (χ3n) is 3.48. The Morgan fingerprint density at radius 3 is 3.00 bits per heavy atom. The summed E-state index contributed by atoms with van der Waals surface area (Å²) in [6.45, 7) is 2.54. The van der Waals surface area contributed by atoms with E-state index in [0.29, 0.717) is 18.7 Å². The lowest BCUT2D eigenvalue weighted by Crippen LogP contribution is -2.47. The minimum Gasteiger partial charge on any atom is -0.396 e. The molecule has 19 heavy (non-hydrogen) atoms. The van der Waals surface area contributed by atoms with Crippen LogP contribution < -0.4 is 10.2 Å². The van der Waals surface area contributed by atoms with E-state index in [0.717, 1.165) is 6.42 Å². The van der Waals surface area contributed by atoms with Crippen molar-refractivity contribution >= 4 is 11.6 Å². The number of benzene rings is 1. The lowest BCUT2D eigenvalue weighted by Gasteiger charge is -2.35. The Morgan fingerprint density at radius 2 is 2.32 bits per heavy atom. The molecule has 2 atom stereocenters. The van der Waals surface area contributed by atoms with Gasteiger partial charge in [-0.2, -0.15) is 0 Å². The first-order valence-electron chi connectivity index (χ1n) is 6.56. The monoisotopic (exact) mass is 266 g/mol. The maximum atomic E-state index is 13.4. The SMILES string of the molecule is CC1CCNC(=O)C(CCO)N1c1cccc(F)c1. The first-order valence-corrected chi connectivity index (χ1v) is 6.56. The van der Waals surface area contributed by atoms with Crippen molar-refractivity contribution < 1.29 is 14.3 Å². The highest BCUT2D eigenvalue weighted by atomic mass is 19.1. The fourth-order valence-electron chi connectivity index (χ4n) is 2.56. The Morgan fingerprint density at radius 1 is 1.53 bits per heavy atom. The average molecular weight is 266 g/mol. The second-order valence-corrected chi connectivity index (χ2v) is 4.84. The van der Waals surface area contributed by atoms with Crippen molar-refractivity contribution in [3.05, 3.63) is 30.1 Å². The number of hydrogen-bond acceptors (Lipinski definition) is 3. The highest BCUT2D eigenvalue weighted by Gasteiger charge is 2.31. The summed E-state index contributed by atoms with van der Waals surface area (Å²) in [5, 5.41) is 12.0. The molecular weight excluding hydrogens is 247 g/mol. The second-order valence-electron chi connectivity index (χ2n) is 4.84. The van der Waals surface area contributed by atoms with Gasteiger partial charge < -0.3 is 15.3 Å². The van der Waals surface area contributed by atoms with Crippen LogP contribution in [-0.4, -0.2) is 36.2 Å². The van der Waals surface area contributed by atoms with Gasteiger partial charge in [0.25, 0.3) is 0 Å². The van der Waals surface area contributed by atoms with Crippen LogP contribution >= 0.6 is 0 Å². The molecule has 2 unspecified atom stereocenters. The summed E-state index contributed by atoms with van der Waals surface area (Å²) < 4.78 is 13.4. The molecule has 1 heterocycles. The fourth-order valence-corrected chi connectivity index (χ4v) is 2.56. The second kappa shape index (κ2) is 6.02. The van der Waals surface area contributed by atoms with Crippen LogP contribution in [-0.2, 0) is 4.79 Å². The molecule has 1 fully saturated rings. The molecule has 1 amide bonds. The van der Waals surface area contributed by atoms with Gasteiger partial charge >= 0.3 is 0 Å². The van der Waals surface area contributed by atoms with Crippen molar-refractivity contribution in [3.63, 3.8) is 0 Å². The van der Waals surface area contributed by atoms with Crippen LogP contribution in [0.2, 0.25) is 0 Å². The van der Waals surface area contributed by atoms with E-state index in [1.54, 1.807) is 12.1 Å². The number of nitrogens with zero attached hydrogens (tertiary/aromatic N) is 1. The topological polar surface area (TPSA) is 52.6 Å². The molecule has 0 bridgehead atoms. The van der Waals surface area contributed by atoms with Gasteiger partial charge in [-0.1, -0.05) is 6.07 Å². The maximum Gasteiger partial charge on any atom is 0.242 e. The zero-order valence-electron chi connectivity index (χ0n) is 11.0. The quantitative estimate of drug-likeness (QED) is 0.867. The zero-order chi connectivity index (χ0) is 13.8. The van der Waals surface area contributed by atoms with Gasteiger partial charge in [-0.15, -0.1) is 0 Å². The number of carbonyl (C=O) groups is 1. The molecule has 0 radical (unpaired) electrons. The smallest absolute Gasteiger partial charge is 0.242 e. The molecule has 0 saturated carbocycles. The van der Waals surface area contributed by atoms with Crippen LogP contribution in [0.25, 0.3) is 0 Å². The number of halogens is 1. The van der Waals surface area contributed by atoms with E-state index >= 15 is 0 Å². The Hall–Kier alpha value is -1.62. The van der Waals surface area contributed by atoms with Crippen molar-refractivity contribution in [2.24, 2.45) is 0 Å². The Kier molecular flexibility index (Phi) is 4.37. The Bertz CT molecular complexity index is 453. The van der Waals surface area contributed by atoms with E-state index in [9.17, 15) is 9.18 Å². The molecule has 104 valence electrons. The molecule has 1 aliphatic heterocycles. The van der Waals surface area contributed by atoms with Gasteiger partial charge in [0.05, 0.1) is 0 Å². The van der Waals surface area contributed by atoms with Crippen LogP contribution in [0.4, 0.5) is 10.1 Å². The molecule has 1 aliphatic rings. The summed E-state index contributed by atoms with van der Waals surface area (Å²) in [7, 11) is 0. The molecular formula is C14H19FN2O2. The molecule has 1 aromatic carbocycles. The summed E-state index contributed by atoms with van der Waals surface area (Å²) in [6, 6.07) is 5.90. The highest BCUT2D eigenvalue weighted by molar-refractivity contribution is 5.85. The number of hydrogen-bond donors (Lipinski definition) is 2. The van der Waals surface area contributed by atoms with Crippen molar-refractivity contribution in [2.45, 2.75) is 31.8 Å². The molecule has 5 heteroatoms. The zero-order valence-corrected chi connectivity index (χ0v) is 11.0.